The number of hydrogen-bond acceptors (Lipinski definition) is 6. The summed E-state index contributed by atoms with van der Waals surface area (Å²) >= 11 is 0. The van der Waals surface area contributed by atoms with Crippen molar-refractivity contribution >= 4 is 17.9 Å². The fourth-order valence-electron chi connectivity index (χ4n) is 2.75. The van der Waals surface area contributed by atoms with Gasteiger partial charge in [-0.15, -0.1) is 0 Å². The molecular weight excluding hydrogens is 284 g/mol. The number of carbonyl (C=O) groups excluding carboxylic acids is 1. The lowest BCUT2D eigenvalue weighted by molar-refractivity contribution is -0.00547. The Labute approximate surface area is 130 Å². The topological polar surface area (TPSA) is 71.9 Å². The number of rotatable bonds is 4. The number of hydrogen-bond donors (Lipinski definition) is 1. The Bertz CT molecular complexity index is 564. The number of morpholine rings is 1. The molecule has 1 aliphatic heterocycles. The number of aromatic nitrogens is 1. The SMILES string of the molecule is C=Cc1c(C(=O)OC)cc(N2C[C@@H](C)O[C@@H](C)C2)nc1CO. The first-order chi connectivity index (χ1) is 10.5. The number of nitrogens with zero attached hydrogens (tertiary/aromatic N) is 2. The number of anilines is 1. The molecule has 1 aromatic heterocycles. The highest BCUT2D eigenvalue weighted by molar-refractivity contribution is 5.94. The van der Waals surface area contributed by atoms with Crippen LogP contribution in [0, 0.1) is 0 Å². The number of aliphatic hydroxyl groups excluding tert-OH is 1. The molecule has 120 valence electrons. The lowest BCUT2D eigenvalue weighted by atomic mass is 10.1. The maximum Gasteiger partial charge on any atom is 0.338 e. The Balaban J connectivity index is 2.48. The van der Waals surface area contributed by atoms with Gasteiger partial charge in [-0.2, -0.15) is 0 Å². The van der Waals surface area contributed by atoms with Crippen LogP contribution in [0.25, 0.3) is 6.08 Å². The molecule has 0 unspecified atom stereocenters. The minimum absolute atomic E-state index is 0.0729. The zero-order valence-electron chi connectivity index (χ0n) is 13.2. The average Bonchev–Trinajstić information content (AvgIpc) is 2.51. The van der Waals surface area contributed by atoms with Crippen molar-refractivity contribution in [3.8, 4) is 0 Å². The highest BCUT2D eigenvalue weighted by atomic mass is 16.5. The highest BCUT2D eigenvalue weighted by Gasteiger charge is 2.25. The molecule has 2 rings (SSSR count). The van der Waals surface area contributed by atoms with Crippen LogP contribution in [0.5, 0.6) is 0 Å². The molecule has 6 nitrogen and oxygen atoms in total. The lowest BCUT2D eigenvalue weighted by Gasteiger charge is -2.36. The molecule has 6 heteroatoms. The van der Waals surface area contributed by atoms with Gasteiger partial charge < -0.3 is 19.5 Å². The molecular formula is C16H22N2O4. The third-order valence-electron chi connectivity index (χ3n) is 3.63. The van der Waals surface area contributed by atoms with Crippen LogP contribution in [0.4, 0.5) is 5.82 Å². The summed E-state index contributed by atoms with van der Waals surface area (Å²) in [4.78, 5) is 18.5. The Morgan fingerprint density at radius 1 is 1.55 bits per heavy atom. The number of ether oxygens (including phenoxy) is 2. The summed E-state index contributed by atoms with van der Waals surface area (Å²) in [6, 6.07) is 1.69. The summed E-state index contributed by atoms with van der Waals surface area (Å²) in [5, 5.41) is 9.55. The van der Waals surface area contributed by atoms with Crippen molar-refractivity contribution in [2.24, 2.45) is 0 Å². The van der Waals surface area contributed by atoms with Crippen molar-refractivity contribution in [1.29, 1.82) is 0 Å². The summed E-state index contributed by atoms with van der Waals surface area (Å²) in [5.74, 6) is 0.166. The Hall–Kier alpha value is -1.92. The molecule has 1 aromatic rings. The van der Waals surface area contributed by atoms with Gasteiger partial charge in [0.15, 0.2) is 0 Å². The Morgan fingerprint density at radius 2 is 2.18 bits per heavy atom. The first-order valence-electron chi connectivity index (χ1n) is 7.26. The number of aliphatic hydroxyl groups is 1. The summed E-state index contributed by atoms with van der Waals surface area (Å²) in [6.45, 7) is 8.77. The highest BCUT2D eigenvalue weighted by Crippen LogP contribution is 2.25. The van der Waals surface area contributed by atoms with Crippen molar-refractivity contribution in [2.45, 2.75) is 32.7 Å². The second-order valence-electron chi connectivity index (χ2n) is 5.40. The van der Waals surface area contributed by atoms with Gasteiger partial charge >= 0.3 is 5.97 Å². The van der Waals surface area contributed by atoms with Crippen LogP contribution in [-0.4, -0.2) is 48.5 Å². The maximum atomic E-state index is 12.0. The molecule has 0 bridgehead atoms. The molecule has 1 saturated heterocycles. The van der Waals surface area contributed by atoms with E-state index in [1.54, 1.807) is 6.07 Å². The number of carbonyl (C=O) groups is 1. The van der Waals surface area contributed by atoms with E-state index in [9.17, 15) is 9.90 Å². The first kappa shape index (κ1) is 16.5. The first-order valence-corrected chi connectivity index (χ1v) is 7.26. The van der Waals surface area contributed by atoms with E-state index in [2.05, 4.69) is 16.5 Å². The quantitative estimate of drug-likeness (QED) is 0.852. The van der Waals surface area contributed by atoms with Gasteiger partial charge in [0.05, 0.1) is 37.2 Å². The third-order valence-corrected chi connectivity index (χ3v) is 3.63. The van der Waals surface area contributed by atoms with Gasteiger partial charge in [0.25, 0.3) is 0 Å². The molecule has 1 aliphatic rings. The van der Waals surface area contributed by atoms with E-state index in [1.807, 2.05) is 13.8 Å². The minimum Gasteiger partial charge on any atom is -0.465 e. The molecule has 2 atom stereocenters. The molecule has 0 aromatic carbocycles. The van der Waals surface area contributed by atoms with E-state index in [1.165, 1.54) is 13.2 Å². The van der Waals surface area contributed by atoms with Crippen LogP contribution in [-0.2, 0) is 16.1 Å². The third kappa shape index (κ3) is 3.28. The number of pyridine rings is 1. The predicted octanol–water partition coefficient (Wildman–Crippen LogP) is 1.62. The molecule has 1 N–H and O–H groups in total. The summed E-state index contributed by atoms with van der Waals surface area (Å²) < 4.78 is 10.5. The van der Waals surface area contributed by atoms with Crippen LogP contribution in [0.2, 0.25) is 0 Å². The standard InChI is InChI=1S/C16H22N2O4/c1-5-12-13(16(20)21-4)6-15(17-14(12)9-19)18-7-10(2)22-11(3)8-18/h5-6,10-11,19H,1,7-9H2,2-4H3/t10-,11+. The number of esters is 1. The molecule has 0 radical (unpaired) electrons. The largest absolute Gasteiger partial charge is 0.465 e. The van der Waals surface area contributed by atoms with Gasteiger partial charge in [-0.05, 0) is 19.9 Å². The zero-order valence-corrected chi connectivity index (χ0v) is 13.2. The van der Waals surface area contributed by atoms with E-state index in [0.29, 0.717) is 35.7 Å². The molecule has 1 fully saturated rings. The molecule has 0 amide bonds. The van der Waals surface area contributed by atoms with Crippen LogP contribution in [0.3, 0.4) is 0 Å². The summed E-state index contributed by atoms with van der Waals surface area (Å²) in [5.41, 5.74) is 1.28. The van der Waals surface area contributed by atoms with E-state index < -0.39 is 5.97 Å². The Morgan fingerprint density at radius 3 is 2.68 bits per heavy atom. The van der Waals surface area contributed by atoms with Gasteiger partial charge in [-0.25, -0.2) is 9.78 Å². The molecule has 0 aliphatic carbocycles. The second kappa shape index (κ2) is 6.89. The Kier molecular flexibility index (Phi) is 5.15. The monoisotopic (exact) mass is 306 g/mol. The molecule has 0 spiro atoms. The summed E-state index contributed by atoms with van der Waals surface area (Å²) in [7, 11) is 1.33. The predicted molar refractivity (Wildman–Crippen MR) is 83.8 cm³/mol. The van der Waals surface area contributed by atoms with Gasteiger partial charge in [0.2, 0.25) is 0 Å². The van der Waals surface area contributed by atoms with E-state index >= 15 is 0 Å². The van der Waals surface area contributed by atoms with E-state index in [4.69, 9.17) is 9.47 Å². The molecule has 0 saturated carbocycles. The maximum absolute atomic E-state index is 12.0. The van der Waals surface area contributed by atoms with Crippen LogP contribution in [0.15, 0.2) is 12.6 Å². The van der Waals surface area contributed by atoms with Crippen molar-refractivity contribution < 1.29 is 19.4 Å². The van der Waals surface area contributed by atoms with Crippen LogP contribution >= 0.6 is 0 Å². The van der Waals surface area contributed by atoms with Gasteiger partial charge in [0.1, 0.15) is 5.82 Å². The van der Waals surface area contributed by atoms with Crippen LogP contribution in [0.1, 0.15) is 35.5 Å². The molecule has 22 heavy (non-hydrogen) atoms. The number of methoxy groups -OCH3 is 1. The second-order valence-corrected chi connectivity index (χ2v) is 5.40. The normalized spacial score (nSPS) is 21.5. The van der Waals surface area contributed by atoms with Crippen molar-refractivity contribution in [3.63, 3.8) is 0 Å². The van der Waals surface area contributed by atoms with E-state index in [-0.39, 0.29) is 18.8 Å². The lowest BCUT2D eigenvalue weighted by Crippen LogP contribution is -2.46. The fourth-order valence-corrected chi connectivity index (χ4v) is 2.75. The average molecular weight is 306 g/mol. The smallest absolute Gasteiger partial charge is 0.338 e. The van der Waals surface area contributed by atoms with Crippen molar-refractivity contribution in [2.75, 3.05) is 25.1 Å². The van der Waals surface area contributed by atoms with Crippen molar-refractivity contribution in [3.05, 3.63) is 29.5 Å². The van der Waals surface area contributed by atoms with Gasteiger partial charge in [-0.3, -0.25) is 0 Å². The fraction of sp³-hybridized carbons (Fsp3) is 0.500. The van der Waals surface area contributed by atoms with Gasteiger partial charge in [-0.1, -0.05) is 12.7 Å². The van der Waals surface area contributed by atoms with Gasteiger partial charge in [0, 0.05) is 18.7 Å². The van der Waals surface area contributed by atoms with Crippen LogP contribution < -0.4 is 4.90 Å². The zero-order chi connectivity index (χ0) is 16.3. The summed E-state index contributed by atoms with van der Waals surface area (Å²) in [6.07, 6.45) is 1.66. The molecule has 2 heterocycles. The van der Waals surface area contributed by atoms with E-state index in [0.717, 1.165) is 0 Å². The minimum atomic E-state index is -0.470. The van der Waals surface area contributed by atoms with Crippen molar-refractivity contribution in [1.82, 2.24) is 4.98 Å².